The van der Waals surface area contributed by atoms with Gasteiger partial charge in [-0.15, -0.1) is 0 Å². The van der Waals surface area contributed by atoms with E-state index in [1.165, 1.54) is 0 Å². The number of hydrogen-bond acceptors (Lipinski definition) is 3. The van der Waals surface area contributed by atoms with E-state index in [1.807, 2.05) is 0 Å². The fourth-order valence-corrected chi connectivity index (χ4v) is 2.75. The lowest BCUT2D eigenvalue weighted by Crippen LogP contribution is -2.43. The lowest BCUT2D eigenvalue weighted by atomic mass is 9.94. The van der Waals surface area contributed by atoms with Gasteiger partial charge in [-0.1, -0.05) is 0 Å². The summed E-state index contributed by atoms with van der Waals surface area (Å²) in [5, 5.41) is 0. The Hall–Kier alpha value is -0.610. The number of amides is 1. The summed E-state index contributed by atoms with van der Waals surface area (Å²) in [6, 6.07) is 0. The summed E-state index contributed by atoms with van der Waals surface area (Å²) in [6.07, 6.45) is 4.41. The van der Waals surface area contributed by atoms with E-state index in [0.717, 1.165) is 64.4 Å². The maximum absolute atomic E-state index is 11.2. The molecule has 4 nitrogen and oxygen atoms in total. The fraction of sp³-hybridized carbons (Fsp3) is 0.917. The predicted octanol–water partition coefficient (Wildman–Crippen LogP) is 0.610. The van der Waals surface area contributed by atoms with Crippen LogP contribution in [0.3, 0.4) is 0 Å². The Balaban J connectivity index is 1.78. The molecule has 2 aliphatic heterocycles. The van der Waals surface area contributed by atoms with E-state index in [9.17, 15) is 4.79 Å². The molecule has 16 heavy (non-hydrogen) atoms. The zero-order valence-electron chi connectivity index (χ0n) is 9.86. The van der Waals surface area contributed by atoms with Crippen LogP contribution in [-0.4, -0.2) is 43.7 Å². The van der Waals surface area contributed by atoms with Crippen molar-refractivity contribution in [2.24, 2.45) is 17.6 Å². The summed E-state index contributed by atoms with van der Waals surface area (Å²) in [4.78, 5) is 13.6. The van der Waals surface area contributed by atoms with E-state index in [2.05, 4.69) is 4.90 Å². The topological polar surface area (TPSA) is 55.6 Å². The standard InChI is InChI=1S/C12H22N2O2/c13-12(15)11-2-1-5-14(9-11)8-10-3-6-16-7-4-10/h10-11H,1-9H2,(H2,13,15). The van der Waals surface area contributed by atoms with E-state index < -0.39 is 0 Å². The van der Waals surface area contributed by atoms with Crippen molar-refractivity contribution in [1.82, 2.24) is 4.90 Å². The average molecular weight is 226 g/mol. The van der Waals surface area contributed by atoms with Crippen LogP contribution in [0.25, 0.3) is 0 Å². The van der Waals surface area contributed by atoms with E-state index in [4.69, 9.17) is 10.5 Å². The van der Waals surface area contributed by atoms with Gasteiger partial charge in [0.15, 0.2) is 0 Å². The van der Waals surface area contributed by atoms with Gasteiger partial charge in [-0.05, 0) is 38.1 Å². The first kappa shape index (κ1) is 11.9. The summed E-state index contributed by atoms with van der Waals surface area (Å²) in [5.74, 6) is 0.700. The van der Waals surface area contributed by atoms with Gasteiger partial charge in [-0.3, -0.25) is 4.79 Å². The van der Waals surface area contributed by atoms with Gasteiger partial charge in [-0.2, -0.15) is 0 Å². The number of likely N-dealkylation sites (tertiary alicyclic amines) is 1. The molecular formula is C12H22N2O2. The van der Waals surface area contributed by atoms with Crippen molar-refractivity contribution in [3.63, 3.8) is 0 Å². The molecule has 0 saturated carbocycles. The maximum Gasteiger partial charge on any atom is 0.221 e. The predicted molar refractivity (Wildman–Crippen MR) is 61.9 cm³/mol. The second-order valence-corrected chi connectivity index (χ2v) is 5.06. The van der Waals surface area contributed by atoms with Crippen LogP contribution in [0, 0.1) is 11.8 Å². The molecule has 92 valence electrons. The molecule has 0 aromatic rings. The molecule has 2 fully saturated rings. The van der Waals surface area contributed by atoms with Crippen LogP contribution in [0.5, 0.6) is 0 Å². The van der Waals surface area contributed by atoms with E-state index in [0.29, 0.717) is 0 Å². The van der Waals surface area contributed by atoms with Crippen LogP contribution >= 0.6 is 0 Å². The Morgan fingerprint density at radius 2 is 2.06 bits per heavy atom. The quantitative estimate of drug-likeness (QED) is 0.767. The smallest absolute Gasteiger partial charge is 0.221 e. The van der Waals surface area contributed by atoms with Gasteiger partial charge in [0.25, 0.3) is 0 Å². The lowest BCUT2D eigenvalue weighted by Gasteiger charge is -2.34. The highest BCUT2D eigenvalue weighted by Gasteiger charge is 2.26. The van der Waals surface area contributed by atoms with E-state index in [1.54, 1.807) is 0 Å². The van der Waals surface area contributed by atoms with Crippen molar-refractivity contribution >= 4 is 5.91 Å². The number of carbonyl (C=O) groups is 1. The second-order valence-electron chi connectivity index (χ2n) is 5.06. The Bertz CT molecular complexity index is 239. The van der Waals surface area contributed by atoms with Crippen molar-refractivity contribution in [2.45, 2.75) is 25.7 Å². The summed E-state index contributed by atoms with van der Waals surface area (Å²) in [6.45, 7) is 4.91. The van der Waals surface area contributed by atoms with Gasteiger partial charge in [-0.25, -0.2) is 0 Å². The molecule has 1 atom stereocenters. The number of rotatable bonds is 3. The molecule has 0 radical (unpaired) electrons. The minimum Gasteiger partial charge on any atom is -0.381 e. The first-order valence-electron chi connectivity index (χ1n) is 6.35. The van der Waals surface area contributed by atoms with E-state index >= 15 is 0 Å². The number of ether oxygens (including phenoxy) is 1. The van der Waals surface area contributed by atoms with Crippen molar-refractivity contribution in [1.29, 1.82) is 0 Å². The molecule has 2 saturated heterocycles. The zero-order chi connectivity index (χ0) is 11.4. The molecule has 2 heterocycles. The molecule has 2 aliphatic rings. The van der Waals surface area contributed by atoms with Crippen molar-refractivity contribution < 1.29 is 9.53 Å². The molecule has 4 heteroatoms. The van der Waals surface area contributed by atoms with Gasteiger partial charge in [0.05, 0.1) is 5.92 Å². The number of nitrogens with zero attached hydrogens (tertiary/aromatic N) is 1. The second kappa shape index (κ2) is 5.64. The van der Waals surface area contributed by atoms with Crippen LogP contribution in [0.1, 0.15) is 25.7 Å². The number of carbonyl (C=O) groups excluding carboxylic acids is 1. The van der Waals surface area contributed by atoms with Gasteiger partial charge in [0, 0.05) is 26.3 Å². The summed E-state index contributed by atoms with van der Waals surface area (Å²) >= 11 is 0. The summed E-state index contributed by atoms with van der Waals surface area (Å²) in [7, 11) is 0. The molecule has 1 unspecified atom stereocenters. The average Bonchev–Trinajstić information content (AvgIpc) is 2.30. The van der Waals surface area contributed by atoms with E-state index in [-0.39, 0.29) is 11.8 Å². The van der Waals surface area contributed by atoms with Crippen molar-refractivity contribution in [2.75, 3.05) is 32.8 Å². The minimum absolute atomic E-state index is 0.0774. The highest BCUT2D eigenvalue weighted by molar-refractivity contribution is 5.76. The third-order valence-corrected chi connectivity index (χ3v) is 3.77. The molecule has 0 bridgehead atoms. The molecule has 0 aromatic heterocycles. The van der Waals surface area contributed by atoms with Crippen LogP contribution < -0.4 is 5.73 Å². The molecule has 1 amide bonds. The third-order valence-electron chi connectivity index (χ3n) is 3.77. The van der Waals surface area contributed by atoms with Crippen LogP contribution in [0.15, 0.2) is 0 Å². The van der Waals surface area contributed by atoms with Crippen LogP contribution in [0.2, 0.25) is 0 Å². The third kappa shape index (κ3) is 3.19. The SMILES string of the molecule is NC(=O)C1CCCN(CC2CCOCC2)C1. The Morgan fingerprint density at radius 1 is 1.31 bits per heavy atom. The zero-order valence-corrected chi connectivity index (χ0v) is 9.86. The lowest BCUT2D eigenvalue weighted by molar-refractivity contribution is -0.123. The molecule has 2 rings (SSSR count). The van der Waals surface area contributed by atoms with Gasteiger partial charge in [0.1, 0.15) is 0 Å². The maximum atomic E-state index is 11.2. The van der Waals surface area contributed by atoms with Crippen LogP contribution in [-0.2, 0) is 9.53 Å². The molecule has 0 spiro atoms. The van der Waals surface area contributed by atoms with Crippen molar-refractivity contribution in [3.8, 4) is 0 Å². The van der Waals surface area contributed by atoms with Gasteiger partial charge < -0.3 is 15.4 Å². The Morgan fingerprint density at radius 3 is 2.75 bits per heavy atom. The molecular weight excluding hydrogens is 204 g/mol. The summed E-state index contributed by atoms with van der Waals surface area (Å²) in [5.41, 5.74) is 5.38. The number of nitrogens with two attached hydrogens (primary N) is 1. The number of piperidine rings is 1. The normalized spacial score (nSPS) is 29.1. The highest BCUT2D eigenvalue weighted by Crippen LogP contribution is 2.21. The fourth-order valence-electron chi connectivity index (χ4n) is 2.75. The monoisotopic (exact) mass is 226 g/mol. The van der Waals surface area contributed by atoms with Crippen LogP contribution in [0.4, 0.5) is 0 Å². The minimum atomic E-state index is -0.128. The summed E-state index contributed by atoms with van der Waals surface area (Å²) < 4.78 is 5.36. The molecule has 0 aromatic carbocycles. The van der Waals surface area contributed by atoms with Gasteiger partial charge >= 0.3 is 0 Å². The first-order valence-corrected chi connectivity index (χ1v) is 6.35. The Kier molecular flexibility index (Phi) is 4.18. The Labute approximate surface area is 97.1 Å². The van der Waals surface area contributed by atoms with Gasteiger partial charge in [0.2, 0.25) is 5.91 Å². The molecule has 2 N–H and O–H groups in total. The largest absolute Gasteiger partial charge is 0.381 e. The first-order chi connectivity index (χ1) is 7.75. The number of primary amides is 1. The van der Waals surface area contributed by atoms with Crippen molar-refractivity contribution in [3.05, 3.63) is 0 Å². The number of hydrogen-bond donors (Lipinski definition) is 1. The highest BCUT2D eigenvalue weighted by atomic mass is 16.5. The molecule has 0 aliphatic carbocycles.